The number of hydrogen-bond acceptors (Lipinski definition) is 8. The van der Waals surface area contributed by atoms with E-state index in [-0.39, 0.29) is 20.2 Å². The van der Waals surface area contributed by atoms with Gasteiger partial charge in [0.25, 0.3) is 0 Å². The summed E-state index contributed by atoms with van der Waals surface area (Å²) in [5, 5.41) is 0. The van der Waals surface area contributed by atoms with Crippen LogP contribution in [0.3, 0.4) is 0 Å². The molecule has 1 aliphatic rings. The Morgan fingerprint density at radius 1 is 0.466 bits per heavy atom. The third-order valence-corrected chi connectivity index (χ3v) is 18.2. The summed E-state index contributed by atoms with van der Waals surface area (Å²) >= 11 is 0. The summed E-state index contributed by atoms with van der Waals surface area (Å²) in [5.41, 5.74) is 5.71. The van der Waals surface area contributed by atoms with Crippen molar-refractivity contribution in [3.63, 3.8) is 0 Å². The summed E-state index contributed by atoms with van der Waals surface area (Å²) in [6.45, 7) is 16.1. The van der Waals surface area contributed by atoms with Crippen LogP contribution in [0.5, 0.6) is 0 Å². The molecular formula is C59H82N4O7S3. The van der Waals surface area contributed by atoms with Crippen LogP contribution in [0.25, 0.3) is 5.57 Å². The third kappa shape index (κ3) is 16.4. The molecule has 11 nitrogen and oxygen atoms in total. The summed E-state index contributed by atoms with van der Waals surface area (Å²) in [6, 6.07) is 28.5. The molecule has 0 N–H and O–H groups in total. The smallest absolute Gasteiger partial charge is 0.243 e. The third-order valence-electron chi connectivity index (χ3n) is 13.4. The van der Waals surface area contributed by atoms with Crippen LogP contribution in [-0.2, 0) is 30.2 Å². The molecule has 0 saturated heterocycles. The standard InChI is InChI=1S/C59H82N4O7S3/c1-7-13-21-43-60(44-22-14-8-2)71(64,65)55-39-35-53(36-40-55)62(47-17-11-5)51-31-27-49(28-32-51)59(57-25-19-20-26-58(57)73(68,69)70)50-29-33-52(34-30-50)63(48-18-12-6)54-37-41-56(42-38-54)72(66,67)61(45-23-15-9-3)46-24-16-10-4/h19-20,25-42H,7-18,21-24,43-48H2,1-6H3. The lowest BCUT2D eigenvalue weighted by molar-refractivity contribution is -0.439. The van der Waals surface area contributed by atoms with E-state index in [0.29, 0.717) is 56.0 Å². The van der Waals surface area contributed by atoms with Crippen LogP contribution in [-0.4, -0.2) is 88.0 Å². The lowest BCUT2D eigenvalue weighted by Crippen LogP contribution is -2.33. The van der Waals surface area contributed by atoms with Crippen molar-refractivity contribution >= 4 is 58.5 Å². The fraction of sp³-hybridized carbons (Fsp3) is 0.475. The Morgan fingerprint density at radius 2 is 0.890 bits per heavy atom. The van der Waals surface area contributed by atoms with Gasteiger partial charge in [0.1, 0.15) is 16.7 Å². The second-order valence-corrected chi connectivity index (χ2v) is 24.3. The first-order valence-corrected chi connectivity index (χ1v) is 31.3. The Balaban J connectivity index is 1.53. The number of nitrogens with zero attached hydrogens (tertiary/aromatic N) is 4. The van der Waals surface area contributed by atoms with Crippen molar-refractivity contribution in [1.29, 1.82) is 0 Å². The molecule has 0 radical (unpaired) electrons. The van der Waals surface area contributed by atoms with Gasteiger partial charge < -0.3 is 9.45 Å². The lowest BCUT2D eigenvalue weighted by Gasteiger charge is -2.27. The first kappa shape index (κ1) is 59.2. The first-order valence-electron chi connectivity index (χ1n) is 27.0. The normalized spacial score (nSPS) is 13.1. The SMILES string of the molecule is CCCCCN(CCCCC)S(=O)(=O)c1ccc(N(CCCC)c2ccc(C(=C3C=CC(=[N+](CCCC)c4ccc(S(=O)(=O)N(CCCCC)CCCCC)cc4)C=C3)c3ccccc3S(=O)(=O)[O-])cc2)cc1. The second-order valence-electron chi connectivity index (χ2n) is 19.1. The number of rotatable bonds is 32. The zero-order valence-electron chi connectivity index (χ0n) is 44.5. The predicted molar refractivity (Wildman–Crippen MR) is 300 cm³/mol. The molecule has 0 heterocycles. The fourth-order valence-electron chi connectivity index (χ4n) is 9.18. The zero-order valence-corrected chi connectivity index (χ0v) is 46.9. The van der Waals surface area contributed by atoms with E-state index in [2.05, 4.69) is 51.0 Å². The summed E-state index contributed by atoms with van der Waals surface area (Å²) in [5.74, 6) is 0. The highest BCUT2D eigenvalue weighted by molar-refractivity contribution is 7.89. The Labute approximate surface area is 440 Å². The molecule has 14 heteroatoms. The average molecular weight is 1060 g/mol. The van der Waals surface area contributed by atoms with E-state index in [9.17, 15) is 29.8 Å². The molecule has 4 aromatic carbocycles. The molecule has 0 atom stereocenters. The number of benzene rings is 4. The summed E-state index contributed by atoms with van der Waals surface area (Å²) in [4.78, 5) is 2.41. The average Bonchev–Trinajstić information content (AvgIpc) is 3.39. The Hall–Kier alpha value is -4.70. The van der Waals surface area contributed by atoms with Crippen LogP contribution in [0.2, 0.25) is 0 Å². The highest BCUT2D eigenvalue weighted by Crippen LogP contribution is 2.36. The molecule has 0 aliphatic heterocycles. The summed E-state index contributed by atoms with van der Waals surface area (Å²) < 4.78 is 99.9. The number of sulfonamides is 2. The fourth-order valence-corrected chi connectivity index (χ4v) is 12.9. The largest absolute Gasteiger partial charge is 0.744 e. The molecule has 0 bridgehead atoms. The van der Waals surface area contributed by atoms with Crippen molar-refractivity contribution in [2.45, 2.75) is 159 Å². The minimum absolute atomic E-state index is 0.280. The van der Waals surface area contributed by atoms with Gasteiger partial charge in [-0.1, -0.05) is 136 Å². The number of hydrogen-bond donors (Lipinski definition) is 0. The van der Waals surface area contributed by atoms with E-state index < -0.39 is 30.2 Å². The maximum atomic E-state index is 14.0. The van der Waals surface area contributed by atoms with Crippen molar-refractivity contribution in [2.75, 3.05) is 44.2 Å². The van der Waals surface area contributed by atoms with Crippen molar-refractivity contribution in [3.8, 4) is 0 Å². The molecule has 0 spiro atoms. The number of unbranched alkanes of at least 4 members (excludes halogenated alkanes) is 10. The van der Waals surface area contributed by atoms with Crippen LogP contribution < -0.4 is 4.90 Å². The first-order chi connectivity index (χ1) is 35.2. The molecule has 0 amide bonds. The predicted octanol–water partition coefficient (Wildman–Crippen LogP) is 13.8. The molecule has 0 fully saturated rings. The zero-order chi connectivity index (χ0) is 52.9. The summed E-state index contributed by atoms with van der Waals surface area (Å²) in [6.07, 6.45) is 22.8. The molecule has 5 rings (SSSR count). The van der Waals surface area contributed by atoms with Gasteiger partial charge in [0.05, 0.1) is 14.7 Å². The summed E-state index contributed by atoms with van der Waals surface area (Å²) in [7, 11) is -12.2. The van der Waals surface area contributed by atoms with Gasteiger partial charge in [-0.3, -0.25) is 0 Å². The highest BCUT2D eigenvalue weighted by atomic mass is 32.2. The van der Waals surface area contributed by atoms with E-state index in [4.69, 9.17) is 0 Å². The Bertz CT molecular complexity index is 2780. The minimum atomic E-state index is -4.87. The quantitative estimate of drug-likeness (QED) is 0.0268. The number of allylic oxidation sites excluding steroid dienone is 5. The molecular weight excluding hydrogens is 973 g/mol. The van der Waals surface area contributed by atoms with Crippen LogP contribution in [0.4, 0.5) is 17.1 Å². The number of anilines is 2. The van der Waals surface area contributed by atoms with Crippen molar-refractivity contribution < 1.29 is 34.4 Å². The van der Waals surface area contributed by atoms with E-state index >= 15 is 0 Å². The van der Waals surface area contributed by atoms with Crippen LogP contribution in [0.1, 0.15) is 155 Å². The van der Waals surface area contributed by atoms with Gasteiger partial charge in [0, 0.05) is 80.4 Å². The van der Waals surface area contributed by atoms with E-state index in [1.807, 2.05) is 72.8 Å². The van der Waals surface area contributed by atoms with E-state index in [1.165, 1.54) is 6.07 Å². The molecule has 0 aromatic heterocycles. The maximum Gasteiger partial charge on any atom is 0.243 e. The maximum absolute atomic E-state index is 14.0. The van der Waals surface area contributed by atoms with Gasteiger partial charge in [-0.15, -0.1) is 0 Å². The topological polar surface area (TPSA) is 138 Å². The second kappa shape index (κ2) is 29.4. The van der Waals surface area contributed by atoms with Crippen molar-refractivity contribution in [3.05, 3.63) is 138 Å². The minimum Gasteiger partial charge on any atom is -0.744 e. The van der Waals surface area contributed by atoms with Gasteiger partial charge in [0.15, 0.2) is 0 Å². The van der Waals surface area contributed by atoms with Gasteiger partial charge in [-0.05, 0) is 116 Å². The lowest BCUT2D eigenvalue weighted by atomic mass is 9.90. The van der Waals surface area contributed by atoms with Crippen LogP contribution in [0, 0.1) is 0 Å². The monoisotopic (exact) mass is 1050 g/mol. The molecule has 4 aromatic rings. The highest BCUT2D eigenvalue weighted by Gasteiger charge is 2.27. The molecule has 0 saturated carbocycles. The molecule has 1 aliphatic carbocycles. The molecule has 398 valence electrons. The van der Waals surface area contributed by atoms with Gasteiger partial charge in [-0.25, -0.2) is 25.3 Å². The van der Waals surface area contributed by atoms with E-state index in [0.717, 1.165) is 126 Å². The Kier molecular flexibility index (Phi) is 23.8. The van der Waals surface area contributed by atoms with Crippen molar-refractivity contribution in [1.82, 2.24) is 8.61 Å². The van der Waals surface area contributed by atoms with Gasteiger partial charge in [-0.2, -0.15) is 13.2 Å². The Morgan fingerprint density at radius 3 is 1.33 bits per heavy atom. The van der Waals surface area contributed by atoms with Gasteiger partial charge >= 0.3 is 0 Å². The van der Waals surface area contributed by atoms with E-state index in [1.54, 1.807) is 51.1 Å². The van der Waals surface area contributed by atoms with Crippen LogP contribution >= 0.6 is 0 Å². The molecule has 73 heavy (non-hydrogen) atoms. The van der Waals surface area contributed by atoms with Crippen molar-refractivity contribution in [2.24, 2.45) is 0 Å². The van der Waals surface area contributed by atoms with Crippen LogP contribution in [0.15, 0.2) is 142 Å². The molecule has 0 unspecified atom stereocenters. The van der Waals surface area contributed by atoms with Gasteiger partial charge in [0.2, 0.25) is 31.4 Å².